The van der Waals surface area contributed by atoms with Crippen LogP contribution in [0.4, 0.5) is 0 Å². The molecule has 0 aliphatic carbocycles. The lowest BCUT2D eigenvalue weighted by molar-refractivity contribution is 0.980. The van der Waals surface area contributed by atoms with Crippen LogP contribution in [-0.2, 0) is 0 Å². The van der Waals surface area contributed by atoms with Gasteiger partial charge in [-0.2, -0.15) is 0 Å². The maximum absolute atomic E-state index is 3.29. The van der Waals surface area contributed by atoms with E-state index in [0.717, 1.165) is 6.54 Å². The average molecular weight is 233 g/mol. The Morgan fingerprint density at radius 3 is 1.83 bits per heavy atom. The maximum Gasteiger partial charge on any atom is 0.0334 e. The Bertz CT molecular complexity index is 524. The van der Waals surface area contributed by atoms with Gasteiger partial charge >= 0.3 is 0 Å². The van der Waals surface area contributed by atoms with Crippen molar-refractivity contribution in [2.45, 2.75) is 0 Å². The maximum atomic E-state index is 3.29. The second-order valence-corrected chi connectivity index (χ2v) is 4.32. The first-order chi connectivity index (χ1) is 8.95. The molecule has 0 aromatic heterocycles. The number of dihydropyridines is 1. The molecule has 0 unspecified atom stereocenters. The molecule has 0 atom stereocenters. The quantitative estimate of drug-likeness (QED) is 0.833. The van der Waals surface area contributed by atoms with Crippen molar-refractivity contribution >= 4 is 11.1 Å². The standard InChI is InChI=1S/C17H15N/c1-3-7-14(8-4-1)16-11-12-18-13-17(16)15-9-5-2-6-10-15/h1-11,13,18H,12H2. The van der Waals surface area contributed by atoms with E-state index < -0.39 is 0 Å². The van der Waals surface area contributed by atoms with Crippen LogP contribution in [0, 0.1) is 0 Å². The van der Waals surface area contributed by atoms with E-state index in [2.05, 4.69) is 72.2 Å². The second kappa shape index (κ2) is 4.92. The monoisotopic (exact) mass is 233 g/mol. The summed E-state index contributed by atoms with van der Waals surface area (Å²) in [5, 5.41) is 3.29. The third kappa shape index (κ3) is 2.07. The summed E-state index contributed by atoms with van der Waals surface area (Å²) in [6.45, 7) is 0.889. The molecule has 1 aliphatic rings. The summed E-state index contributed by atoms with van der Waals surface area (Å²) in [5.41, 5.74) is 5.09. The fourth-order valence-corrected chi connectivity index (χ4v) is 2.26. The number of hydrogen-bond acceptors (Lipinski definition) is 1. The van der Waals surface area contributed by atoms with Gasteiger partial charge in [-0.1, -0.05) is 66.7 Å². The predicted molar refractivity (Wildman–Crippen MR) is 76.8 cm³/mol. The van der Waals surface area contributed by atoms with Crippen LogP contribution in [-0.4, -0.2) is 6.54 Å². The third-order valence-corrected chi connectivity index (χ3v) is 3.13. The number of benzene rings is 2. The summed E-state index contributed by atoms with van der Waals surface area (Å²) in [6, 6.07) is 21.0. The first-order valence-electron chi connectivity index (χ1n) is 6.20. The third-order valence-electron chi connectivity index (χ3n) is 3.13. The molecule has 1 nitrogen and oxygen atoms in total. The van der Waals surface area contributed by atoms with Crippen LogP contribution in [0.25, 0.3) is 11.1 Å². The molecular weight excluding hydrogens is 218 g/mol. The first kappa shape index (κ1) is 10.8. The van der Waals surface area contributed by atoms with Gasteiger partial charge in [-0.3, -0.25) is 0 Å². The van der Waals surface area contributed by atoms with Crippen LogP contribution in [0.1, 0.15) is 11.1 Å². The van der Waals surface area contributed by atoms with E-state index in [-0.39, 0.29) is 0 Å². The predicted octanol–water partition coefficient (Wildman–Crippen LogP) is 3.71. The van der Waals surface area contributed by atoms with Crippen molar-refractivity contribution in [2.24, 2.45) is 0 Å². The van der Waals surface area contributed by atoms with Gasteiger partial charge in [0.2, 0.25) is 0 Å². The zero-order chi connectivity index (χ0) is 12.2. The average Bonchev–Trinajstić information content (AvgIpc) is 2.49. The smallest absolute Gasteiger partial charge is 0.0334 e. The van der Waals surface area contributed by atoms with Gasteiger partial charge in [0.15, 0.2) is 0 Å². The summed E-state index contributed by atoms with van der Waals surface area (Å²) < 4.78 is 0. The Hall–Kier alpha value is -2.28. The summed E-state index contributed by atoms with van der Waals surface area (Å²) in [7, 11) is 0. The normalized spacial score (nSPS) is 14.4. The zero-order valence-electron chi connectivity index (χ0n) is 10.1. The summed E-state index contributed by atoms with van der Waals surface area (Å²) in [5.74, 6) is 0. The lowest BCUT2D eigenvalue weighted by atomic mass is 9.91. The molecule has 2 aromatic rings. The van der Waals surface area contributed by atoms with Crippen molar-refractivity contribution < 1.29 is 0 Å². The van der Waals surface area contributed by atoms with Gasteiger partial charge in [-0.05, 0) is 16.7 Å². The Morgan fingerprint density at radius 1 is 0.667 bits per heavy atom. The van der Waals surface area contributed by atoms with Crippen molar-refractivity contribution in [3.8, 4) is 0 Å². The number of rotatable bonds is 2. The SMILES string of the molecule is C1=C(c2ccccc2)C(c2ccccc2)=CNC1. The fourth-order valence-electron chi connectivity index (χ4n) is 2.26. The van der Waals surface area contributed by atoms with E-state index in [1.54, 1.807) is 0 Å². The van der Waals surface area contributed by atoms with Gasteiger partial charge in [0, 0.05) is 18.3 Å². The summed E-state index contributed by atoms with van der Waals surface area (Å²) >= 11 is 0. The van der Waals surface area contributed by atoms with Gasteiger partial charge in [0.05, 0.1) is 0 Å². The highest BCUT2D eigenvalue weighted by Gasteiger charge is 2.12. The summed E-state index contributed by atoms with van der Waals surface area (Å²) in [6.07, 6.45) is 4.36. The van der Waals surface area contributed by atoms with Gasteiger partial charge in [0.25, 0.3) is 0 Å². The number of allylic oxidation sites excluding steroid dienone is 2. The molecule has 0 spiro atoms. The van der Waals surface area contributed by atoms with Crippen LogP contribution >= 0.6 is 0 Å². The molecule has 0 saturated carbocycles. The Kier molecular flexibility index (Phi) is 2.97. The largest absolute Gasteiger partial charge is 0.387 e. The molecule has 1 heterocycles. The molecular formula is C17H15N. The van der Waals surface area contributed by atoms with Crippen molar-refractivity contribution in [2.75, 3.05) is 6.54 Å². The Balaban J connectivity index is 2.04. The second-order valence-electron chi connectivity index (χ2n) is 4.32. The van der Waals surface area contributed by atoms with E-state index in [0.29, 0.717) is 0 Å². The van der Waals surface area contributed by atoms with Crippen LogP contribution < -0.4 is 5.32 Å². The molecule has 88 valence electrons. The van der Waals surface area contributed by atoms with Crippen LogP contribution in [0.15, 0.2) is 72.9 Å². The lowest BCUT2D eigenvalue weighted by Gasteiger charge is -2.18. The molecule has 3 rings (SSSR count). The zero-order valence-corrected chi connectivity index (χ0v) is 10.1. The van der Waals surface area contributed by atoms with Crippen LogP contribution in [0.2, 0.25) is 0 Å². The molecule has 2 aromatic carbocycles. The molecule has 0 saturated heterocycles. The van der Waals surface area contributed by atoms with Gasteiger partial charge in [-0.25, -0.2) is 0 Å². The topological polar surface area (TPSA) is 12.0 Å². The van der Waals surface area contributed by atoms with Crippen molar-refractivity contribution in [1.29, 1.82) is 0 Å². The van der Waals surface area contributed by atoms with Crippen LogP contribution in [0.5, 0.6) is 0 Å². The molecule has 0 amide bonds. The molecule has 1 N–H and O–H groups in total. The number of nitrogens with one attached hydrogen (secondary N) is 1. The fraction of sp³-hybridized carbons (Fsp3) is 0.0588. The van der Waals surface area contributed by atoms with E-state index in [4.69, 9.17) is 0 Å². The minimum Gasteiger partial charge on any atom is -0.387 e. The minimum atomic E-state index is 0.889. The highest BCUT2D eigenvalue weighted by atomic mass is 14.8. The molecule has 18 heavy (non-hydrogen) atoms. The number of hydrogen-bond donors (Lipinski definition) is 1. The highest BCUT2D eigenvalue weighted by Crippen LogP contribution is 2.31. The van der Waals surface area contributed by atoms with E-state index in [1.807, 2.05) is 6.07 Å². The van der Waals surface area contributed by atoms with Crippen LogP contribution in [0.3, 0.4) is 0 Å². The van der Waals surface area contributed by atoms with Crippen molar-refractivity contribution in [1.82, 2.24) is 5.32 Å². The van der Waals surface area contributed by atoms with Gasteiger partial charge in [-0.15, -0.1) is 0 Å². The van der Waals surface area contributed by atoms with Crippen molar-refractivity contribution in [3.63, 3.8) is 0 Å². The summed E-state index contributed by atoms with van der Waals surface area (Å²) in [4.78, 5) is 0. The van der Waals surface area contributed by atoms with Gasteiger partial charge < -0.3 is 5.32 Å². The van der Waals surface area contributed by atoms with Crippen molar-refractivity contribution in [3.05, 3.63) is 84.1 Å². The lowest BCUT2D eigenvalue weighted by Crippen LogP contribution is -2.11. The Morgan fingerprint density at radius 2 is 1.22 bits per heavy atom. The van der Waals surface area contributed by atoms with E-state index >= 15 is 0 Å². The molecule has 0 radical (unpaired) electrons. The van der Waals surface area contributed by atoms with Gasteiger partial charge in [0.1, 0.15) is 0 Å². The first-order valence-corrected chi connectivity index (χ1v) is 6.20. The van der Waals surface area contributed by atoms with E-state index in [9.17, 15) is 0 Å². The van der Waals surface area contributed by atoms with E-state index in [1.165, 1.54) is 22.3 Å². The molecule has 1 heteroatoms. The minimum absolute atomic E-state index is 0.889. The molecule has 0 bridgehead atoms. The Labute approximate surface area is 107 Å². The molecule has 0 fully saturated rings. The molecule has 1 aliphatic heterocycles. The highest BCUT2D eigenvalue weighted by molar-refractivity contribution is 6.05.